The van der Waals surface area contributed by atoms with E-state index >= 15 is 0 Å². The SMILES string of the molecule is C=CCSP(=O)(CNC(C(=O)O)C(C)OCC)SCC=C. The van der Waals surface area contributed by atoms with Crippen LogP contribution in [0.5, 0.6) is 0 Å². The molecular weight excluding hydrogens is 329 g/mol. The number of rotatable bonds is 13. The van der Waals surface area contributed by atoms with Crippen molar-refractivity contribution >= 4 is 34.3 Å². The first-order valence-corrected chi connectivity index (χ1v) is 11.6. The molecule has 2 unspecified atom stereocenters. The van der Waals surface area contributed by atoms with Crippen LogP contribution in [-0.2, 0) is 14.1 Å². The second kappa shape index (κ2) is 11.4. The van der Waals surface area contributed by atoms with Crippen LogP contribution >= 0.6 is 28.3 Å². The Labute approximate surface area is 134 Å². The minimum atomic E-state index is -2.64. The van der Waals surface area contributed by atoms with Crippen LogP contribution in [0, 0.1) is 0 Å². The highest BCUT2D eigenvalue weighted by atomic mass is 33.1. The lowest BCUT2D eigenvalue weighted by Gasteiger charge is -2.24. The molecule has 0 spiro atoms. The van der Waals surface area contributed by atoms with Gasteiger partial charge in [-0.05, 0) is 13.8 Å². The average Bonchev–Trinajstić information content (AvgIpc) is 2.43. The monoisotopic (exact) mass is 353 g/mol. The van der Waals surface area contributed by atoms with Crippen LogP contribution in [0.4, 0.5) is 0 Å². The number of hydrogen-bond acceptors (Lipinski definition) is 6. The number of carboxylic acid groups (broad SMARTS) is 1. The molecule has 0 saturated carbocycles. The van der Waals surface area contributed by atoms with E-state index in [9.17, 15) is 14.5 Å². The van der Waals surface area contributed by atoms with Crippen molar-refractivity contribution in [1.29, 1.82) is 0 Å². The van der Waals surface area contributed by atoms with Gasteiger partial charge >= 0.3 is 5.97 Å². The van der Waals surface area contributed by atoms with Gasteiger partial charge in [0.1, 0.15) is 6.04 Å². The van der Waals surface area contributed by atoms with Crippen LogP contribution in [0.15, 0.2) is 25.3 Å². The molecule has 0 aromatic heterocycles. The van der Waals surface area contributed by atoms with Crippen molar-refractivity contribution < 1.29 is 19.2 Å². The lowest BCUT2D eigenvalue weighted by molar-refractivity contribution is -0.143. The molecule has 0 saturated heterocycles. The minimum absolute atomic E-state index is 0.123. The van der Waals surface area contributed by atoms with E-state index in [1.165, 1.54) is 22.8 Å². The molecule has 2 N–H and O–H groups in total. The molecule has 122 valence electrons. The smallest absolute Gasteiger partial charge is 0.323 e. The first kappa shape index (κ1) is 20.8. The molecule has 0 aromatic carbocycles. The Balaban J connectivity index is 4.73. The van der Waals surface area contributed by atoms with E-state index in [0.717, 1.165) is 0 Å². The molecule has 0 bridgehead atoms. The quantitative estimate of drug-likeness (QED) is 0.388. The molecular formula is C13H24NO4PS2. The van der Waals surface area contributed by atoms with Crippen LogP contribution in [0.2, 0.25) is 0 Å². The van der Waals surface area contributed by atoms with E-state index < -0.39 is 23.7 Å². The molecule has 0 aliphatic carbocycles. The van der Waals surface area contributed by atoms with Crippen molar-refractivity contribution in [3.8, 4) is 0 Å². The molecule has 0 rings (SSSR count). The molecule has 5 nitrogen and oxygen atoms in total. The molecule has 21 heavy (non-hydrogen) atoms. The first-order valence-electron chi connectivity index (χ1n) is 6.58. The van der Waals surface area contributed by atoms with Gasteiger partial charge in [-0.1, -0.05) is 34.9 Å². The second-order valence-corrected chi connectivity index (χ2v) is 12.6. The zero-order valence-corrected chi connectivity index (χ0v) is 15.0. The molecule has 0 amide bonds. The highest BCUT2D eigenvalue weighted by molar-refractivity contribution is 8.90. The van der Waals surface area contributed by atoms with Crippen LogP contribution in [0.1, 0.15) is 13.8 Å². The Morgan fingerprint density at radius 2 is 1.90 bits per heavy atom. The zero-order valence-electron chi connectivity index (χ0n) is 12.5. The van der Waals surface area contributed by atoms with Gasteiger partial charge in [0.15, 0.2) is 0 Å². The summed E-state index contributed by atoms with van der Waals surface area (Å²) >= 11 is 2.60. The third-order valence-electron chi connectivity index (χ3n) is 2.45. The minimum Gasteiger partial charge on any atom is -0.480 e. The highest BCUT2D eigenvalue weighted by Gasteiger charge is 2.29. The summed E-state index contributed by atoms with van der Waals surface area (Å²) in [5.41, 5.74) is -2.64. The Kier molecular flexibility index (Phi) is 11.3. The lowest BCUT2D eigenvalue weighted by atomic mass is 10.2. The number of carboxylic acids is 1. The van der Waals surface area contributed by atoms with Crippen LogP contribution in [-0.4, -0.2) is 47.6 Å². The zero-order chi connectivity index (χ0) is 16.3. The summed E-state index contributed by atoms with van der Waals surface area (Å²) in [6, 6.07) is -0.882. The average molecular weight is 353 g/mol. The Hall–Kier alpha value is -0.200. The fourth-order valence-corrected chi connectivity index (χ4v) is 7.81. The van der Waals surface area contributed by atoms with E-state index in [0.29, 0.717) is 18.1 Å². The lowest BCUT2D eigenvalue weighted by Crippen LogP contribution is -2.46. The number of hydrogen-bond donors (Lipinski definition) is 2. The molecule has 0 radical (unpaired) electrons. The predicted octanol–water partition coefficient (Wildman–Crippen LogP) is 3.44. The van der Waals surface area contributed by atoms with Crippen LogP contribution in [0.25, 0.3) is 0 Å². The van der Waals surface area contributed by atoms with Gasteiger partial charge in [0.05, 0.1) is 12.4 Å². The van der Waals surface area contributed by atoms with Gasteiger partial charge in [0, 0.05) is 18.1 Å². The summed E-state index contributed by atoms with van der Waals surface area (Å²) < 4.78 is 18.1. The molecule has 2 atom stereocenters. The van der Waals surface area contributed by atoms with Gasteiger partial charge in [-0.15, -0.1) is 13.2 Å². The predicted molar refractivity (Wildman–Crippen MR) is 93.4 cm³/mol. The van der Waals surface area contributed by atoms with Crippen LogP contribution < -0.4 is 5.32 Å². The normalized spacial score (nSPS) is 14.4. The molecule has 0 aromatic rings. The second-order valence-electron chi connectivity index (χ2n) is 4.12. The van der Waals surface area contributed by atoms with E-state index in [1.54, 1.807) is 26.0 Å². The van der Waals surface area contributed by atoms with Crippen molar-refractivity contribution in [2.75, 3.05) is 24.4 Å². The maximum atomic E-state index is 12.8. The van der Waals surface area contributed by atoms with E-state index in [1.807, 2.05) is 0 Å². The fourth-order valence-electron chi connectivity index (χ4n) is 1.48. The maximum Gasteiger partial charge on any atom is 0.323 e. The molecule has 0 aliphatic heterocycles. The summed E-state index contributed by atoms with van der Waals surface area (Å²) in [7, 11) is 0. The van der Waals surface area contributed by atoms with Crippen molar-refractivity contribution in [1.82, 2.24) is 5.32 Å². The number of ether oxygens (including phenoxy) is 1. The molecule has 0 aliphatic rings. The largest absolute Gasteiger partial charge is 0.480 e. The highest BCUT2D eigenvalue weighted by Crippen LogP contribution is 2.68. The van der Waals surface area contributed by atoms with Gasteiger partial charge < -0.3 is 9.84 Å². The summed E-state index contributed by atoms with van der Waals surface area (Å²) in [5, 5.41) is 12.1. The van der Waals surface area contributed by atoms with Gasteiger partial charge in [0.25, 0.3) is 0 Å². The van der Waals surface area contributed by atoms with E-state index in [2.05, 4.69) is 18.5 Å². The van der Waals surface area contributed by atoms with E-state index in [4.69, 9.17) is 4.74 Å². The fraction of sp³-hybridized carbons (Fsp3) is 0.615. The van der Waals surface area contributed by atoms with Crippen LogP contribution in [0.3, 0.4) is 0 Å². The Bertz CT molecular complexity index is 376. The third kappa shape index (κ3) is 8.73. The third-order valence-corrected chi connectivity index (χ3v) is 10.5. The van der Waals surface area contributed by atoms with Gasteiger partial charge in [-0.25, -0.2) is 0 Å². The number of nitrogens with one attached hydrogen (secondary N) is 1. The standard InChI is InChI=1S/C13H24NO4PS2/c1-5-8-20-19(17,21-9-6-2)10-14-12(13(15)16)11(4)18-7-3/h5-6,11-12,14H,1-2,7-10H2,3-4H3,(H,15,16). The molecule has 8 heteroatoms. The molecule has 0 heterocycles. The summed E-state index contributed by atoms with van der Waals surface area (Å²) in [6.45, 7) is 11.2. The maximum absolute atomic E-state index is 12.8. The summed E-state index contributed by atoms with van der Waals surface area (Å²) in [4.78, 5) is 11.3. The van der Waals surface area contributed by atoms with Crippen molar-refractivity contribution in [3.63, 3.8) is 0 Å². The molecule has 0 fully saturated rings. The van der Waals surface area contributed by atoms with Gasteiger partial charge in [0.2, 0.25) is 5.55 Å². The number of aliphatic carboxylic acids is 1. The summed E-state index contributed by atoms with van der Waals surface area (Å²) in [5.74, 6) is 0.105. The first-order chi connectivity index (χ1) is 9.90. The van der Waals surface area contributed by atoms with Crippen molar-refractivity contribution in [2.24, 2.45) is 0 Å². The topological polar surface area (TPSA) is 75.6 Å². The Morgan fingerprint density at radius 3 is 2.29 bits per heavy atom. The van der Waals surface area contributed by atoms with E-state index in [-0.39, 0.29) is 6.29 Å². The number of carbonyl (C=O) groups is 1. The van der Waals surface area contributed by atoms with Gasteiger partial charge in [-0.3, -0.25) is 14.7 Å². The van der Waals surface area contributed by atoms with Crippen molar-refractivity contribution in [3.05, 3.63) is 25.3 Å². The summed E-state index contributed by atoms with van der Waals surface area (Å²) in [6.07, 6.45) is 3.00. The van der Waals surface area contributed by atoms with Crippen molar-refractivity contribution in [2.45, 2.75) is 26.0 Å². The Morgan fingerprint density at radius 1 is 1.38 bits per heavy atom. The van der Waals surface area contributed by atoms with Gasteiger partial charge in [-0.2, -0.15) is 0 Å².